The van der Waals surface area contributed by atoms with E-state index in [1.807, 2.05) is 0 Å². The van der Waals surface area contributed by atoms with Crippen LogP contribution in [0.2, 0.25) is 0 Å². The van der Waals surface area contributed by atoms with Crippen LogP contribution in [0.3, 0.4) is 0 Å². The molecule has 0 aliphatic carbocycles. The van der Waals surface area contributed by atoms with Crippen molar-refractivity contribution < 1.29 is 18.0 Å². The van der Waals surface area contributed by atoms with Crippen molar-refractivity contribution >= 4 is 5.91 Å². The van der Waals surface area contributed by atoms with Gasteiger partial charge in [0.25, 0.3) is 0 Å². The van der Waals surface area contributed by atoms with Gasteiger partial charge < -0.3 is 0 Å². The van der Waals surface area contributed by atoms with Gasteiger partial charge in [-0.15, -0.1) is 0 Å². The molecule has 0 saturated carbocycles. The molecule has 1 rings (SSSR count). The van der Waals surface area contributed by atoms with Gasteiger partial charge in [-0.1, -0.05) is 18.2 Å². The van der Waals surface area contributed by atoms with Crippen molar-refractivity contribution in [3.63, 3.8) is 0 Å². The minimum atomic E-state index is -4.64. The summed E-state index contributed by atoms with van der Waals surface area (Å²) >= 11 is 0. The third kappa shape index (κ3) is 2.47. The Hall–Kier alpha value is -2.01. The van der Waals surface area contributed by atoms with Crippen LogP contribution >= 0.6 is 0 Å². The predicted molar refractivity (Wildman–Crippen MR) is 44.9 cm³/mol. The zero-order valence-electron chi connectivity index (χ0n) is 7.19. The number of alkyl halides is 3. The summed E-state index contributed by atoms with van der Waals surface area (Å²) in [6, 6.07) is 4.12. The molecule has 0 radical (unpaired) electrons. The first kappa shape index (κ1) is 11.1. The number of amides is 1. The van der Waals surface area contributed by atoms with Crippen molar-refractivity contribution in [2.75, 3.05) is 0 Å². The maximum Gasteiger partial charge on any atom is 0.417 e. The second-order valence-electron chi connectivity index (χ2n) is 2.54. The first-order chi connectivity index (χ1) is 6.96. The molecule has 0 aromatic heterocycles. The highest BCUT2D eigenvalue weighted by Crippen LogP contribution is 2.32. The summed E-state index contributed by atoms with van der Waals surface area (Å²) in [5.74, 6) is -1.24. The molecule has 0 spiro atoms. The van der Waals surface area contributed by atoms with Crippen molar-refractivity contribution in [3.8, 4) is 0 Å². The number of hydrogen-bond donors (Lipinski definition) is 0. The summed E-state index contributed by atoms with van der Waals surface area (Å²) in [6.45, 7) is 0. The number of nitrogens with zero attached hydrogens (tertiary/aromatic N) is 3. The maximum absolute atomic E-state index is 12.4. The van der Waals surface area contributed by atoms with E-state index < -0.39 is 23.2 Å². The van der Waals surface area contributed by atoms with E-state index in [4.69, 9.17) is 5.53 Å². The Balaban J connectivity index is 3.30. The van der Waals surface area contributed by atoms with Gasteiger partial charge in [0, 0.05) is 10.5 Å². The van der Waals surface area contributed by atoms with Gasteiger partial charge in [-0.3, -0.25) is 4.79 Å². The van der Waals surface area contributed by atoms with Crippen molar-refractivity contribution in [1.29, 1.82) is 0 Å². The van der Waals surface area contributed by atoms with Crippen molar-refractivity contribution in [2.24, 2.45) is 5.11 Å². The molecule has 1 aromatic carbocycles. The van der Waals surface area contributed by atoms with Crippen LogP contribution in [0, 0.1) is 0 Å². The molecular weight excluding hydrogens is 211 g/mol. The molecule has 0 fully saturated rings. The van der Waals surface area contributed by atoms with Gasteiger partial charge in [0.2, 0.25) is 5.91 Å². The summed E-state index contributed by atoms with van der Waals surface area (Å²) in [5.41, 5.74) is 6.19. The highest BCUT2D eigenvalue weighted by molar-refractivity contribution is 5.96. The Bertz CT molecular complexity index is 435. The van der Waals surface area contributed by atoms with Gasteiger partial charge >= 0.3 is 6.18 Å². The Labute approximate surface area is 82.0 Å². The van der Waals surface area contributed by atoms with E-state index in [-0.39, 0.29) is 0 Å². The van der Waals surface area contributed by atoms with Gasteiger partial charge in [-0.05, 0) is 16.7 Å². The molecule has 15 heavy (non-hydrogen) atoms. The SMILES string of the molecule is [N-]=[N+]=NC(=O)c1ccccc1C(F)(F)F. The molecule has 0 saturated heterocycles. The van der Waals surface area contributed by atoms with Crippen LogP contribution in [-0.4, -0.2) is 5.91 Å². The topological polar surface area (TPSA) is 65.8 Å². The van der Waals surface area contributed by atoms with Crippen LogP contribution in [-0.2, 0) is 6.18 Å². The lowest BCUT2D eigenvalue weighted by Crippen LogP contribution is -2.11. The fourth-order valence-corrected chi connectivity index (χ4v) is 1.01. The highest BCUT2D eigenvalue weighted by atomic mass is 19.4. The van der Waals surface area contributed by atoms with Crippen LogP contribution in [0.4, 0.5) is 13.2 Å². The molecule has 78 valence electrons. The maximum atomic E-state index is 12.4. The standard InChI is InChI=1S/C8H4F3N3O/c9-8(10,11)6-4-2-1-3-5(6)7(15)13-14-12/h1-4H. The normalized spacial score (nSPS) is 10.6. The number of azide groups is 1. The number of carbonyl (C=O) groups is 1. The lowest BCUT2D eigenvalue weighted by Gasteiger charge is -2.09. The Morgan fingerprint density at radius 2 is 1.93 bits per heavy atom. The summed E-state index contributed by atoms with van der Waals surface area (Å²) in [5, 5.41) is 2.61. The van der Waals surface area contributed by atoms with E-state index in [1.54, 1.807) is 0 Å². The summed E-state index contributed by atoms with van der Waals surface area (Å²) in [4.78, 5) is 13.1. The van der Waals surface area contributed by atoms with Gasteiger partial charge in [0.05, 0.1) is 5.56 Å². The molecule has 0 aliphatic heterocycles. The largest absolute Gasteiger partial charge is 0.417 e. The fraction of sp³-hybridized carbons (Fsp3) is 0.125. The summed E-state index contributed by atoms with van der Waals surface area (Å²) < 4.78 is 37.1. The molecule has 0 aliphatic rings. The average molecular weight is 215 g/mol. The van der Waals surface area contributed by atoms with Crippen LogP contribution in [0.5, 0.6) is 0 Å². The van der Waals surface area contributed by atoms with Crippen molar-refractivity contribution in [2.45, 2.75) is 6.18 Å². The zero-order valence-corrected chi connectivity index (χ0v) is 7.19. The quantitative estimate of drug-likeness (QED) is 0.403. The van der Waals surface area contributed by atoms with E-state index in [0.717, 1.165) is 18.2 Å². The van der Waals surface area contributed by atoms with Gasteiger partial charge in [0.15, 0.2) is 0 Å². The Kier molecular flexibility index (Phi) is 2.96. The Morgan fingerprint density at radius 3 is 2.47 bits per heavy atom. The second kappa shape index (κ2) is 4.02. The summed E-state index contributed by atoms with van der Waals surface area (Å²) in [7, 11) is 0. The Morgan fingerprint density at radius 1 is 1.33 bits per heavy atom. The van der Waals surface area contributed by atoms with Crippen molar-refractivity contribution in [3.05, 3.63) is 45.8 Å². The first-order valence-corrected chi connectivity index (χ1v) is 3.72. The minimum absolute atomic E-state index is 0.650. The van der Waals surface area contributed by atoms with E-state index in [2.05, 4.69) is 10.0 Å². The molecule has 0 unspecified atom stereocenters. The second-order valence-corrected chi connectivity index (χ2v) is 2.54. The van der Waals surface area contributed by atoms with E-state index >= 15 is 0 Å². The molecule has 0 bridgehead atoms. The number of benzene rings is 1. The molecule has 1 amide bonds. The van der Waals surface area contributed by atoms with Crippen LogP contribution in [0.1, 0.15) is 15.9 Å². The number of rotatable bonds is 1. The van der Waals surface area contributed by atoms with E-state index in [0.29, 0.717) is 0 Å². The van der Waals surface area contributed by atoms with E-state index in [1.165, 1.54) is 6.07 Å². The van der Waals surface area contributed by atoms with Crippen LogP contribution in [0.25, 0.3) is 10.4 Å². The molecule has 1 aromatic rings. The zero-order chi connectivity index (χ0) is 11.5. The highest BCUT2D eigenvalue weighted by Gasteiger charge is 2.34. The van der Waals surface area contributed by atoms with E-state index in [9.17, 15) is 18.0 Å². The smallest absolute Gasteiger partial charge is 0.287 e. The third-order valence-corrected chi connectivity index (χ3v) is 1.60. The van der Waals surface area contributed by atoms with Crippen molar-refractivity contribution in [1.82, 2.24) is 0 Å². The average Bonchev–Trinajstić information content (AvgIpc) is 2.17. The predicted octanol–water partition coefficient (Wildman–Crippen LogP) is 3.16. The fourth-order valence-electron chi connectivity index (χ4n) is 1.01. The first-order valence-electron chi connectivity index (χ1n) is 3.72. The molecule has 4 nitrogen and oxygen atoms in total. The number of hydrogen-bond acceptors (Lipinski definition) is 1. The van der Waals surface area contributed by atoms with Gasteiger partial charge in [-0.2, -0.15) is 13.2 Å². The lowest BCUT2D eigenvalue weighted by atomic mass is 10.1. The van der Waals surface area contributed by atoms with Gasteiger partial charge in [0.1, 0.15) is 0 Å². The molecular formula is C8H4F3N3O. The number of carbonyl (C=O) groups excluding carboxylic acids is 1. The molecule has 0 atom stereocenters. The lowest BCUT2D eigenvalue weighted by molar-refractivity contribution is -0.137. The molecule has 0 heterocycles. The molecule has 0 N–H and O–H groups in total. The third-order valence-electron chi connectivity index (χ3n) is 1.60. The minimum Gasteiger partial charge on any atom is -0.287 e. The summed E-state index contributed by atoms with van der Waals surface area (Å²) in [6.07, 6.45) is -4.64. The number of halogens is 3. The molecule has 7 heteroatoms. The van der Waals surface area contributed by atoms with Gasteiger partial charge in [-0.25, -0.2) is 0 Å². The van der Waals surface area contributed by atoms with Crippen LogP contribution < -0.4 is 0 Å². The monoisotopic (exact) mass is 215 g/mol. The van der Waals surface area contributed by atoms with Crippen LogP contribution in [0.15, 0.2) is 29.4 Å².